The summed E-state index contributed by atoms with van der Waals surface area (Å²) in [6.07, 6.45) is 6.08. The first-order valence-corrected chi connectivity index (χ1v) is 10.0. The number of hydrogen-bond acceptors (Lipinski definition) is 5. The van der Waals surface area contributed by atoms with Crippen LogP contribution in [-0.4, -0.2) is 31.4 Å². The van der Waals surface area contributed by atoms with E-state index in [0.717, 1.165) is 53.2 Å². The minimum absolute atomic E-state index is 0.0611. The molecule has 0 saturated carbocycles. The van der Waals surface area contributed by atoms with Gasteiger partial charge in [-0.1, -0.05) is 36.4 Å². The highest BCUT2D eigenvalue weighted by Crippen LogP contribution is 2.21. The number of nitrogens with zero attached hydrogens (tertiary/aromatic N) is 4. The van der Waals surface area contributed by atoms with Crippen molar-refractivity contribution in [3.63, 3.8) is 0 Å². The van der Waals surface area contributed by atoms with Gasteiger partial charge in [0.2, 0.25) is 0 Å². The van der Waals surface area contributed by atoms with Crippen LogP contribution >= 0.6 is 0 Å². The van der Waals surface area contributed by atoms with Crippen LogP contribution < -0.4 is 5.56 Å². The average Bonchev–Trinajstić information content (AvgIpc) is 2.81. The number of rotatable bonds is 4. The molecule has 0 aliphatic carbocycles. The van der Waals surface area contributed by atoms with E-state index in [4.69, 9.17) is 4.98 Å². The third kappa shape index (κ3) is 3.77. The number of aromatic nitrogens is 4. The molecule has 0 bridgehead atoms. The third-order valence-electron chi connectivity index (χ3n) is 5.40. The molecule has 0 amide bonds. The van der Waals surface area contributed by atoms with Crippen molar-refractivity contribution in [1.29, 1.82) is 0 Å². The maximum absolute atomic E-state index is 12.7. The lowest BCUT2D eigenvalue weighted by Crippen LogP contribution is -2.35. The number of aromatic amines is 1. The van der Waals surface area contributed by atoms with Gasteiger partial charge in [0.15, 0.2) is 0 Å². The Balaban J connectivity index is 1.32. The summed E-state index contributed by atoms with van der Waals surface area (Å²) in [6, 6.07) is 18.0. The molecular weight excluding hydrogens is 374 g/mol. The molecule has 1 aliphatic rings. The van der Waals surface area contributed by atoms with Gasteiger partial charge in [-0.2, -0.15) is 0 Å². The van der Waals surface area contributed by atoms with Crippen LogP contribution in [0.2, 0.25) is 0 Å². The van der Waals surface area contributed by atoms with Crippen molar-refractivity contribution < 1.29 is 0 Å². The van der Waals surface area contributed by atoms with E-state index in [1.54, 1.807) is 12.4 Å². The maximum atomic E-state index is 12.7. The summed E-state index contributed by atoms with van der Waals surface area (Å²) in [5.74, 6) is 0.607. The van der Waals surface area contributed by atoms with Crippen LogP contribution in [0.4, 0.5) is 0 Å². The number of H-pyrrole nitrogens is 1. The van der Waals surface area contributed by atoms with E-state index in [2.05, 4.69) is 44.1 Å². The lowest BCUT2D eigenvalue weighted by molar-refractivity contribution is 0.241. The van der Waals surface area contributed by atoms with Gasteiger partial charge in [-0.3, -0.25) is 19.7 Å². The van der Waals surface area contributed by atoms with Crippen molar-refractivity contribution in [3.8, 4) is 22.6 Å². The standard InChI is InChI=1S/C24H21N5O/c30-24-20-16-29(13-10-22(20)27-23(28-24)19-8-11-25-12-9-19)15-17-6-7-21(26-14-17)18-4-2-1-3-5-18/h1-9,11-12,14H,10,13,15-16H2,(H,27,28,30). The van der Waals surface area contributed by atoms with Gasteiger partial charge in [-0.15, -0.1) is 0 Å². The van der Waals surface area contributed by atoms with Crippen LogP contribution in [0.15, 0.2) is 78.0 Å². The molecule has 1 aliphatic heterocycles. The van der Waals surface area contributed by atoms with Gasteiger partial charge >= 0.3 is 0 Å². The number of hydrogen-bond donors (Lipinski definition) is 1. The first kappa shape index (κ1) is 18.4. The van der Waals surface area contributed by atoms with Crippen molar-refractivity contribution in [3.05, 3.63) is 100 Å². The molecule has 0 fully saturated rings. The fourth-order valence-corrected chi connectivity index (χ4v) is 3.82. The van der Waals surface area contributed by atoms with Crippen LogP contribution in [-0.2, 0) is 19.5 Å². The van der Waals surface area contributed by atoms with Crippen molar-refractivity contribution in [2.45, 2.75) is 19.5 Å². The number of nitrogens with one attached hydrogen (secondary N) is 1. The predicted octanol–water partition coefficient (Wildman–Crippen LogP) is 3.45. The second-order valence-electron chi connectivity index (χ2n) is 7.45. The Morgan fingerprint density at radius 2 is 1.80 bits per heavy atom. The molecule has 1 N–H and O–H groups in total. The molecule has 4 heterocycles. The monoisotopic (exact) mass is 395 g/mol. The highest BCUT2D eigenvalue weighted by molar-refractivity contribution is 5.58. The zero-order valence-electron chi connectivity index (χ0n) is 16.5. The molecule has 0 saturated heterocycles. The van der Waals surface area contributed by atoms with Crippen LogP contribution in [0, 0.1) is 0 Å². The van der Waals surface area contributed by atoms with Gasteiger partial charge in [0.1, 0.15) is 5.82 Å². The van der Waals surface area contributed by atoms with Gasteiger partial charge in [0, 0.05) is 55.8 Å². The largest absolute Gasteiger partial charge is 0.306 e. The van der Waals surface area contributed by atoms with Gasteiger partial charge in [-0.05, 0) is 23.8 Å². The fourth-order valence-electron chi connectivity index (χ4n) is 3.82. The molecular formula is C24H21N5O. The van der Waals surface area contributed by atoms with E-state index in [9.17, 15) is 4.79 Å². The Kier molecular flexibility index (Phi) is 4.91. The van der Waals surface area contributed by atoms with Crippen LogP contribution in [0.1, 0.15) is 16.8 Å². The maximum Gasteiger partial charge on any atom is 0.255 e. The Morgan fingerprint density at radius 1 is 0.967 bits per heavy atom. The second-order valence-corrected chi connectivity index (χ2v) is 7.45. The highest BCUT2D eigenvalue weighted by atomic mass is 16.1. The van der Waals surface area contributed by atoms with Gasteiger partial charge in [0.05, 0.1) is 17.0 Å². The van der Waals surface area contributed by atoms with Crippen molar-refractivity contribution in [1.82, 2.24) is 24.8 Å². The number of fused-ring (bicyclic) bond motifs is 1. The highest BCUT2D eigenvalue weighted by Gasteiger charge is 2.21. The Morgan fingerprint density at radius 3 is 2.57 bits per heavy atom. The SMILES string of the molecule is O=c1[nH]c(-c2ccncc2)nc2c1CN(Cc1ccc(-c3ccccc3)nc1)CC2. The Hall–Kier alpha value is -3.64. The summed E-state index contributed by atoms with van der Waals surface area (Å²) >= 11 is 0. The molecule has 0 radical (unpaired) electrons. The summed E-state index contributed by atoms with van der Waals surface area (Å²) < 4.78 is 0. The summed E-state index contributed by atoms with van der Waals surface area (Å²) in [4.78, 5) is 31.2. The molecule has 6 heteroatoms. The first-order valence-electron chi connectivity index (χ1n) is 10.0. The van der Waals surface area contributed by atoms with E-state index in [0.29, 0.717) is 12.4 Å². The molecule has 6 nitrogen and oxygen atoms in total. The Bertz CT molecular complexity index is 1200. The minimum Gasteiger partial charge on any atom is -0.306 e. The average molecular weight is 395 g/mol. The van der Waals surface area contributed by atoms with Gasteiger partial charge in [0.25, 0.3) is 5.56 Å². The number of pyridine rings is 2. The molecule has 148 valence electrons. The number of benzene rings is 1. The zero-order valence-corrected chi connectivity index (χ0v) is 16.5. The second kappa shape index (κ2) is 8.00. The minimum atomic E-state index is -0.0611. The summed E-state index contributed by atoms with van der Waals surface area (Å²) in [5, 5.41) is 0. The molecule has 0 atom stereocenters. The lowest BCUT2D eigenvalue weighted by Gasteiger charge is -2.27. The van der Waals surface area contributed by atoms with E-state index in [1.165, 1.54) is 0 Å². The zero-order chi connectivity index (χ0) is 20.3. The molecule has 3 aromatic heterocycles. The predicted molar refractivity (Wildman–Crippen MR) is 116 cm³/mol. The molecule has 0 spiro atoms. The molecule has 4 aromatic rings. The quantitative estimate of drug-likeness (QED) is 0.573. The summed E-state index contributed by atoms with van der Waals surface area (Å²) in [6.45, 7) is 2.21. The molecule has 0 unspecified atom stereocenters. The summed E-state index contributed by atoms with van der Waals surface area (Å²) in [7, 11) is 0. The molecule has 30 heavy (non-hydrogen) atoms. The topological polar surface area (TPSA) is 74.8 Å². The van der Waals surface area contributed by atoms with Crippen LogP contribution in [0.25, 0.3) is 22.6 Å². The fraction of sp³-hybridized carbons (Fsp3) is 0.167. The molecule has 5 rings (SSSR count). The van der Waals surface area contributed by atoms with Crippen molar-refractivity contribution in [2.75, 3.05) is 6.54 Å². The van der Waals surface area contributed by atoms with Crippen LogP contribution in [0.5, 0.6) is 0 Å². The molecule has 1 aromatic carbocycles. The van der Waals surface area contributed by atoms with E-state index in [1.807, 2.05) is 36.5 Å². The summed E-state index contributed by atoms with van der Waals surface area (Å²) in [5.41, 5.74) is 5.67. The van der Waals surface area contributed by atoms with Gasteiger partial charge < -0.3 is 4.98 Å². The van der Waals surface area contributed by atoms with Gasteiger partial charge in [-0.25, -0.2) is 4.98 Å². The van der Waals surface area contributed by atoms with Crippen molar-refractivity contribution >= 4 is 0 Å². The smallest absolute Gasteiger partial charge is 0.255 e. The van der Waals surface area contributed by atoms with E-state index in [-0.39, 0.29) is 5.56 Å². The normalized spacial score (nSPS) is 13.7. The van der Waals surface area contributed by atoms with Crippen LogP contribution in [0.3, 0.4) is 0 Å². The van der Waals surface area contributed by atoms with E-state index < -0.39 is 0 Å². The first-order chi connectivity index (χ1) is 14.8. The lowest BCUT2D eigenvalue weighted by atomic mass is 10.1. The third-order valence-corrected chi connectivity index (χ3v) is 5.40. The van der Waals surface area contributed by atoms with E-state index >= 15 is 0 Å². The van der Waals surface area contributed by atoms with Crippen molar-refractivity contribution in [2.24, 2.45) is 0 Å². The Labute approximate surface area is 174 Å².